The van der Waals surface area contributed by atoms with E-state index in [1.165, 1.54) is 11.3 Å². The van der Waals surface area contributed by atoms with Gasteiger partial charge in [0.15, 0.2) is 0 Å². The number of rotatable bonds is 7. The molecule has 32 heavy (non-hydrogen) atoms. The predicted octanol–water partition coefficient (Wildman–Crippen LogP) is 4.28. The van der Waals surface area contributed by atoms with E-state index in [9.17, 15) is 9.59 Å². The van der Waals surface area contributed by atoms with E-state index in [1.54, 1.807) is 40.1 Å². The van der Waals surface area contributed by atoms with Crippen molar-refractivity contribution >= 4 is 39.1 Å². The molecular formula is C24H22ClN3O3S. The average Bonchev–Trinajstić information content (AvgIpc) is 3.25. The van der Waals surface area contributed by atoms with E-state index < -0.39 is 0 Å². The van der Waals surface area contributed by atoms with Crippen molar-refractivity contribution in [2.24, 2.45) is 0 Å². The van der Waals surface area contributed by atoms with Crippen molar-refractivity contribution < 1.29 is 9.90 Å². The normalized spacial score (nSPS) is 11.1. The molecule has 2 aromatic heterocycles. The van der Waals surface area contributed by atoms with E-state index in [4.69, 9.17) is 16.7 Å². The fourth-order valence-electron chi connectivity index (χ4n) is 3.58. The van der Waals surface area contributed by atoms with Crippen LogP contribution in [-0.4, -0.2) is 45.2 Å². The average molecular weight is 468 g/mol. The largest absolute Gasteiger partial charge is 0.395 e. The first-order valence-corrected chi connectivity index (χ1v) is 11.5. The highest BCUT2D eigenvalue weighted by atomic mass is 35.5. The summed E-state index contributed by atoms with van der Waals surface area (Å²) in [6.45, 7) is 2.98. The van der Waals surface area contributed by atoms with Gasteiger partial charge in [0.2, 0.25) is 0 Å². The molecule has 0 spiro atoms. The zero-order valence-corrected chi connectivity index (χ0v) is 19.1. The number of nitrogens with zero attached hydrogens (tertiary/aromatic N) is 3. The summed E-state index contributed by atoms with van der Waals surface area (Å²) in [5.74, 6) is -0.126. The Balaban J connectivity index is 1.61. The summed E-state index contributed by atoms with van der Waals surface area (Å²) in [6, 6.07) is 14.6. The van der Waals surface area contributed by atoms with Crippen molar-refractivity contribution in [3.63, 3.8) is 0 Å². The summed E-state index contributed by atoms with van der Waals surface area (Å²) >= 11 is 7.44. The first-order chi connectivity index (χ1) is 15.5. The maximum absolute atomic E-state index is 13.2. The van der Waals surface area contributed by atoms with Crippen LogP contribution >= 0.6 is 22.9 Å². The Hall–Kier alpha value is -3.00. The maximum Gasteiger partial charge on any atom is 0.263 e. The number of aromatic nitrogens is 2. The second-order valence-electron chi connectivity index (χ2n) is 7.32. The Morgan fingerprint density at radius 2 is 1.88 bits per heavy atom. The number of hydrogen-bond acceptors (Lipinski definition) is 5. The number of halogens is 1. The number of likely N-dealkylation sites (N-methyl/N-ethyl adjacent to an activating group) is 1. The van der Waals surface area contributed by atoms with Gasteiger partial charge in [0, 0.05) is 34.6 Å². The lowest BCUT2D eigenvalue weighted by Gasteiger charge is -2.19. The summed E-state index contributed by atoms with van der Waals surface area (Å²) in [4.78, 5) is 32.5. The number of aliphatic hydroxyl groups excluding tert-OH is 1. The molecule has 4 rings (SSSR count). The van der Waals surface area contributed by atoms with Crippen molar-refractivity contribution in [3.05, 3.63) is 86.7 Å². The molecule has 2 aromatic carbocycles. The van der Waals surface area contributed by atoms with Crippen LogP contribution in [0.5, 0.6) is 0 Å². The summed E-state index contributed by atoms with van der Waals surface area (Å²) in [5.41, 5.74) is 3.09. The monoisotopic (exact) mass is 467 g/mol. The molecular weight excluding hydrogens is 446 g/mol. The van der Waals surface area contributed by atoms with Crippen LogP contribution in [-0.2, 0) is 6.54 Å². The van der Waals surface area contributed by atoms with Crippen molar-refractivity contribution in [2.45, 2.75) is 13.5 Å². The molecule has 1 N–H and O–H groups in total. The molecule has 0 unspecified atom stereocenters. The molecule has 6 nitrogen and oxygen atoms in total. The molecule has 0 saturated heterocycles. The smallest absolute Gasteiger partial charge is 0.263 e. The summed E-state index contributed by atoms with van der Waals surface area (Å²) in [7, 11) is 0. The minimum atomic E-state index is -0.126. The van der Waals surface area contributed by atoms with E-state index in [-0.39, 0.29) is 18.1 Å². The molecule has 2 heterocycles. The van der Waals surface area contributed by atoms with Gasteiger partial charge in [-0.1, -0.05) is 35.9 Å². The number of thiophene rings is 1. The summed E-state index contributed by atoms with van der Waals surface area (Å²) in [5, 5.41) is 12.3. The molecule has 1 amide bonds. The van der Waals surface area contributed by atoms with Crippen molar-refractivity contribution in [1.29, 1.82) is 0 Å². The van der Waals surface area contributed by atoms with Gasteiger partial charge >= 0.3 is 0 Å². The van der Waals surface area contributed by atoms with Crippen molar-refractivity contribution in [2.75, 3.05) is 19.7 Å². The van der Waals surface area contributed by atoms with Gasteiger partial charge in [-0.25, -0.2) is 4.98 Å². The molecule has 0 aliphatic heterocycles. The Labute approximate surface area is 194 Å². The van der Waals surface area contributed by atoms with Gasteiger partial charge in [-0.05, 0) is 42.3 Å². The van der Waals surface area contributed by atoms with Crippen LogP contribution in [0.4, 0.5) is 0 Å². The van der Waals surface area contributed by atoms with Crippen LogP contribution in [0, 0.1) is 0 Å². The molecule has 8 heteroatoms. The lowest BCUT2D eigenvalue weighted by atomic mass is 10.1. The fraction of sp³-hybridized carbons (Fsp3) is 0.208. The molecule has 4 aromatic rings. The molecule has 0 saturated carbocycles. The second kappa shape index (κ2) is 9.65. The quantitative estimate of drug-likeness (QED) is 0.440. The van der Waals surface area contributed by atoms with Gasteiger partial charge in [-0.15, -0.1) is 11.3 Å². The van der Waals surface area contributed by atoms with E-state index in [1.807, 2.05) is 36.6 Å². The fourth-order valence-corrected chi connectivity index (χ4v) is 4.61. The van der Waals surface area contributed by atoms with Crippen LogP contribution in [0.15, 0.2) is 65.0 Å². The van der Waals surface area contributed by atoms with Crippen molar-refractivity contribution in [1.82, 2.24) is 14.5 Å². The zero-order chi connectivity index (χ0) is 22.7. The van der Waals surface area contributed by atoms with Crippen LogP contribution in [0.25, 0.3) is 21.3 Å². The number of carbonyl (C=O) groups is 1. The van der Waals surface area contributed by atoms with E-state index in [0.717, 1.165) is 16.7 Å². The van der Waals surface area contributed by atoms with Gasteiger partial charge in [-0.2, -0.15) is 0 Å². The number of fused-ring (bicyclic) bond motifs is 1. The molecule has 0 aliphatic carbocycles. The predicted molar refractivity (Wildman–Crippen MR) is 129 cm³/mol. The highest BCUT2D eigenvalue weighted by Gasteiger charge is 2.15. The van der Waals surface area contributed by atoms with E-state index in [0.29, 0.717) is 40.4 Å². The Morgan fingerprint density at radius 1 is 1.16 bits per heavy atom. The highest BCUT2D eigenvalue weighted by molar-refractivity contribution is 7.17. The van der Waals surface area contributed by atoms with Crippen LogP contribution < -0.4 is 5.56 Å². The van der Waals surface area contributed by atoms with Crippen LogP contribution in [0.3, 0.4) is 0 Å². The minimum absolute atomic E-state index is 0.0728. The molecule has 0 fully saturated rings. The number of benzene rings is 2. The third-order valence-corrected chi connectivity index (χ3v) is 6.45. The summed E-state index contributed by atoms with van der Waals surface area (Å²) < 4.78 is 1.58. The minimum Gasteiger partial charge on any atom is -0.395 e. The number of amides is 1. The topological polar surface area (TPSA) is 75.4 Å². The molecule has 164 valence electrons. The molecule has 0 aliphatic rings. The van der Waals surface area contributed by atoms with E-state index >= 15 is 0 Å². The molecule has 0 radical (unpaired) electrons. The Morgan fingerprint density at radius 3 is 2.53 bits per heavy atom. The molecule has 0 bridgehead atoms. The number of carbonyl (C=O) groups excluding carboxylic acids is 1. The third kappa shape index (κ3) is 4.46. The lowest BCUT2D eigenvalue weighted by Crippen LogP contribution is -2.33. The van der Waals surface area contributed by atoms with Gasteiger partial charge in [0.1, 0.15) is 4.83 Å². The van der Waals surface area contributed by atoms with Gasteiger partial charge < -0.3 is 10.0 Å². The van der Waals surface area contributed by atoms with E-state index in [2.05, 4.69) is 4.98 Å². The Kier molecular flexibility index (Phi) is 6.69. The SMILES string of the molecule is CCN(CCO)C(=O)c1ccc(Cn2cnc3scc(-c4ccc(Cl)cc4)c3c2=O)cc1. The summed E-state index contributed by atoms with van der Waals surface area (Å²) in [6.07, 6.45) is 1.56. The first-order valence-electron chi connectivity index (χ1n) is 10.2. The number of hydrogen-bond donors (Lipinski definition) is 1. The number of aliphatic hydroxyl groups is 1. The van der Waals surface area contributed by atoms with Gasteiger partial charge in [0.25, 0.3) is 11.5 Å². The van der Waals surface area contributed by atoms with Crippen LogP contribution in [0.1, 0.15) is 22.8 Å². The molecule has 0 atom stereocenters. The standard InChI is InChI=1S/C24H22ClN3O3S/c1-2-27(11-12-29)23(30)18-5-3-16(4-6-18)13-28-15-26-22-21(24(28)31)20(14-32-22)17-7-9-19(25)10-8-17/h3-10,14-15,29H,2,11-13H2,1H3. The Bertz CT molecular complexity index is 1300. The lowest BCUT2D eigenvalue weighted by molar-refractivity contribution is 0.0732. The van der Waals surface area contributed by atoms with Crippen molar-refractivity contribution in [3.8, 4) is 11.1 Å². The van der Waals surface area contributed by atoms with Crippen LogP contribution in [0.2, 0.25) is 5.02 Å². The third-order valence-electron chi connectivity index (χ3n) is 5.31. The van der Waals surface area contributed by atoms with Gasteiger partial charge in [-0.3, -0.25) is 14.2 Å². The first kappa shape index (κ1) is 22.2. The zero-order valence-electron chi connectivity index (χ0n) is 17.5. The second-order valence-corrected chi connectivity index (χ2v) is 8.61. The highest BCUT2D eigenvalue weighted by Crippen LogP contribution is 2.31. The maximum atomic E-state index is 13.2. The van der Waals surface area contributed by atoms with Gasteiger partial charge in [0.05, 0.1) is 24.9 Å².